The number of hydrogen-bond donors (Lipinski definition) is 2. The van der Waals surface area contributed by atoms with Crippen molar-refractivity contribution in [3.63, 3.8) is 0 Å². The average Bonchev–Trinajstić information content (AvgIpc) is 2.55. The minimum atomic E-state index is -0.379. The number of likely N-dealkylation sites (tertiary alicyclic amines) is 1. The Bertz CT molecular complexity index is 708. The molecular formula is C16H18FN5O. The summed E-state index contributed by atoms with van der Waals surface area (Å²) in [5, 5.41) is 2.73. The zero-order valence-electron chi connectivity index (χ0n) is 12.6. The summed E-state index contributed by atoms with van der Waals surface area (Å²) in [7, 11) is 0. The maximum absolute atomic E-state index is 13.2. The molecule has 2 amide bonds. The van der Waals surface area contributed by atoms with Crippen LogP contribution < -0.4 is 11.1 Å². The fourth-order valence-electron chi connectivity index (χ4n) is 2.79. The van der Waals surface area contributed by atoms with Crippen molar-refractivity contribution < 1.29 is 9.18 Å². The number of nitrogens with zero attached hydrogens (tertiary/aromatic N) is 3. The SMILES string of the molecule is Nc1nccc([C@@H]2CCCN(C(=O)Nc3cccc(F)c3)C2)n1. The largest absolute Gasteiger partial charge is 0.368 e. The molecule has 1 aromatic heterocycles. The molecule has 0 aliphatic carbocycles. The number of carbonyl (C=O) groups is 1. The van der Waals surface area contributed by atoms with Gasteiger partial charge in [0.05, 0.1) is 5.69 Å². The van der Waals surface area contributed by atoms with Gasteiger partial charge in [0.1, 0.15) is 5.82 Å². The van der Waals surface area contributed by atoms with Gasteiger partial charge in [-0.1, -0.05) is 6.07 Å². The van der Waals surface area contributed by atoms with Gasteiger partial charge in [-0.2, -0.15) is 0 Å². The van der Waals surface area contributed by atoms with Gasteiger partial charge in [0.25, 0.3) is 0 Å². The quantitative estimate of drug-likeness (QED) is 0.892. The molecule has 120 valence electrons. The molecule has 2 aromatic rings. The van der Waals surface area contributed by atoms with Crippen molar-refractivity contribution in [2.75, 3.05) is 24.1 Å². The normalized spacial score (nSPS) is 17.8. The standard InChI is InChI=1S/C16H18FN5O/c17-12-4-1-5-13(9-12)20-16(23)22-8-2-3-11(10-22)14-6-7-19-15(18)21-14/h1,4-7,9,11H,2-3,8,10H2,(H,20,23)(H2,18,19,21)/t11-/m1/s1. The van der Waals surface area contributed by atoms with E-state index in [1.54, 1.807) is 23.2 Å². The van der Waals surface area contributed by atoms with Crippen LogP contribution in [0.3, 0.4) is 0 Å². The second-order valence-electron chi connectivity index (χ2n) is 5.57. The summed E-state index contributed by atoms with van der Waals surface area (Å²) in [4.78, 5) is 22.2. The van der Waals surface area contributed by atoms with Crippen LogP contribution in [0.15, 0.2) is 36.5 Å². The van der Waals surface area contributed by atoms with E-state index in [-0.39, 0.29) is 23.7 Å². The third-order valence-electron chi connectivity index (χ3n) is 3.90. The maximum Gasteiger partial charge on any atom is 0.321 e. The van der Waals surface area contributed by atoms with Gasteiger partial charge in [-0.05, 0) is 37.1 Å². The second kappa shape index (κ2) is 6.60. The summed E-state index contributed by atoms with van der Waals surface area (Å²) in [5.41, 5.74) is 6.92. The highest BCUT2D eigenvalue weighted by Gasteiger charge is 2.25. The first kappa shape index (κ1) is 15.2. The van der Waals surface area contributed by atoms with Gasteiger partial charge in [-0.25, -0.2) is 19.2 Å². The number of rotatable bonds is 2. The zero-order valence-corrected chi connectivity index (χ0v) is 12.6. The Balaban J connectivity index is 1.67. The van der Waals surface area contributed by atoms with E-state index < -0.39 is 0 Å². The van der Waals surface area contributed by atoms with E-state index >= 15 is 0 Å². The Morgan fingerprint density at radius 3 is 3.04 bits per heavy atom. The lowest BCUT2D eigenvalue weighted by atomic mass is 9.95. The molecule has 1 aliphatic rings. The minimum Gasteiger partial charge on any atom is -0.368 e. The molecule has 0 saturated carbocycles. The maximum atomic E-state index is 13.2. The van der Waals surface area contributed by atoms with E-state index in [2.05, 4.69) is 15.3 Å². The third-order valence-corrected chi connectivity index (χ3v) is 3.90. The first-order valence-electron chi connectivity index (χ1n) is 7.52. The number of halogens is 1. The topological polar surface area (TPSA) is 84.1 Å². The summed E-state index contributed by atoms with van der Waals surface area (Å²) in [5.74, 6) is -0.00748. The molecular weight excluding hydrogens is 297 g/mol. The fraction of sp³-hybridized carbons (Fsp3) is 0.312. The van der Waals surface area contributed by atoms with Crippen LogP contribution in [-0.4, -0.2) is 34.0 Å². The first-order chi connectivity index (χ1) is 11.1. The molecule has 1 aromatic carbocycles. The van der Waals surface area contributed by atoms with Crippen LogP contribution >= 0.6 is 0 Å². The molecule has 0 spiro atoms. The van der Waals surface area contributed by atoms with Gasteiger partial charge < -0.3 is 16.0 Å². The summed E-state index contributed by atoms with van der Waals surface area (Å²) in [6.07, 6.45) is 3.45. The summed E-state index contributed by atoms with van der Waals surface area (Å²) in [6, 6.07) is 7.45. The lowest BCUT2D eigenvalue weighted by molar-refractivity contribution is 0.192. The molecule has 3 rings (SSSR count). The highest BCUT2D eigenvalue weighted by atomic mass is 19.1. The smallest absolute Gasteiger partial charge is 0.321 e. The van der Waals surface area contributed by atoms with Crippen LogP contribution in [0.4, 0.5) is 20.8 Å². The molecule has 3 N–H and O–H groups in total. The van der Waals surface area contributed by atoms with E-state index in [0.29, 0.717) is 18.8 Å². The molecule has 2 heterocycles. The van der Waals surface area contributed by atoms with Crippen LogP contribution in [0, 0.1) is 5.82 Å². The highest BCUT2D eigenvalue weighted by Crippen LogP contribution is 2.26. The number of piperidine rings is 1. The van der Waals surface area contributed by atoms with Gasteiger partial charge in [0, 0.05) is 30.9 Å². The van der Waals surface area contributed by atoms with Crippen molar-refractivity contribution in [2.24, 2.45) is 0 Å². The molecule has 0 bridgehead atoms. The van der Waals surface area contributed by atoms with E-state index in [0.717, 1.165) is 18.5 Å². The van der Waals surface area contributed by atoms with Crippen LogP contribution in [0.5, 0.6) is 0 Å². The zero-order chi connectivity index (χ0) is 16.2. The van der Waals surface area contributed by atoms with E-state index in [1.165, 1.54) is 12.1 Å². The Kier molecular flexibility index (Phi) is 4.36. The predicted octanol–water partition coefficient (Wildman–Crippen LogP) is 2.61. The van der Waals surface area contributed by atoms with Gasteiger partial charge >= 0.3 is 6.03 Å². The van der Waals surface area contributed by atoms with Gasteiger partial charge in [-0.15, -0.1) is 0 Å². The number of nitrogen functional groups attached to an aromatic ring is 1. The molecule has 0 unspecified atom stereocenters. The van der Waals surface area contributed by atoms with Crippen LogP contribution in [0.2, 0.25) is 0 Å². The molecule has 1 atom stereocenters. The molecule has 7 heteroatoms. The predicted molar refractivity (Wildman–Crippen MR) is 85.4 cm³/mol. The summed E-state index contributed by atoms with van der Waals surface area (Å²) in [6.45, 7) is 1.22. The van der Waals surface area contributed by atoms with Crippen molar-refractivity contribution >= 4 is 17.7 Å². The minimum absolute atomic E-state index is 0.132. The first-order valence-corrected chi connectivity index (χ1v) is 7.52. The van der Waals surface area contributed by atoms with Crippen molar-refractivity contribution in [3.05, 3.63) is 48.0 Å². The van der Waals surface area contributed by atoms with Gasteiger partial charge in [0.2, 0.25) is 5.95 Å². The van der Waals surface area contributed by atoms with E-state index in [9.17, 15) is 9.18 Å². The molecule has 0 radical (unpaired) electrons. The lowest BCUT2D eigenvalue weighted by Gasteiger charge is -2.32. The number of nitrogens with two attached hydrogens (primary N) is 1. The van der Waals surface area contributed by atoms with E-state index in [4.69, 9.17) is 5.73 Å². The number of nitrogens with one attached hydrogen (secondary N) is 1. The number of urea groups is 1. The molecule has 23 heavy (non-hydrogen) atoms. The van der Waals surface area contributed by atoms with Crippen molar-refractivity contribution in [3.8, 4) is 0 Å². The number of benzene rings is 1. The molecule has 6 nitrogen and oxygen atoms in total. The number of hydrogen-bond acceptors (Lipinski definition) is 4. The Hall–Kier alpha value is -2.70. The molecule has 1 saturated heterocycles. The number of aromatic nitrogens is 2. The Labute approximate surface area is 133 Å². The van der Waals surface area contributed by atoms with Gasteiger partial charge in [0.15, 0.2) is 0 Å². The fourth-order valence-corrected chi connectivity index (χ4v) is 2.79. The molecule has 1 aliphatic heterocycles. The van der Waals surface area contributed by atoms with Crippen molar-refractivity contribution in [1.29, 1.82) is 0 Å². The Morgan fingerprint density at radius 2 is 2.26 bits per heavy atom. The van der Waals surface area contributed by atoms with Crippen molar-refractivity contribution in [1.82, 2.24) is 14.9 Å². The van der Waals surface area contributed by atoms with Crippen LogP contribution in [0.25, 0.3) is 0 Å². The summed E-state index contributed by atoms with van der Waals surface area (Å²) >= 11 is 0. The van der Waals surface area contributed by atoms with Crippen LogP contribution in [0.1, 0.15) is 24.5 Å². The number of carbonyl (C=O) groups excluding carboxylic acids is 1. The number of anilines is 2. The van der Waals surface area contributed by atoms with Crippen LogP contribution in [-0.2, 0) is 0 Å². The van der Waals surface area contributed by atoms with Crippen molar-refractivity contribution in [2.45, 2.75) is 18.8 Å². The monoisotopic (exact) mass is 315 g/mol. The number of amides is 2. The second-order valence-corrected chi connectivity index (χ2v) is 5.57. The van der Waals surface area contributed by atoms with E-state index in [1.807, 2.05) is 6.07 Å². The average molecular weight is 315 g/mol. The third kappa shape index (κ3) is 3.74. The lowest BCUT2D eigenvalue weighted by Crippen LogP contribution is -2.41. The highest BCUT2D eigenvalue weighted by molar-refractivity contribution is 5.89. The molecule has 1 fully saturated rings. The summed E-state index contributed by atoms with van der Waals surface area (Å²) < 4.78 is 13.2. The van der Waals surface area contributed by atoms with Gasteiger partial charge in [-0.3, -0.25) is 0 Å². The Morgan fingerprint density at radius 1 is 1.39 bits per heavy atom.